The predicted octanol–water partition coefficient (Wildman–Crippen LogP) is 3.27. The van der Waals surface area contributed by atoms with Crippen molar-refractivity contribution in [3.05, 3.63) is 38.9 Å². The topological polar surface area (TPSA) is 63.5 Å². The van der Waals surface area contributed by atoms with Gasteiger partial charge in [0.05, 0.1) is 10.5 Å². The molecule has 0 atom stereocenters. The Morgan fingerprint density at radius 1 is 1.45 bits per heavy atom. The monoisotopic (exact) mass is 310 g/mol. The van der Waals surface area contributed by atoms with Gasteiger partial charge in [-0.2, -0.15) is 13.2 Å². The van der Waals surface area contributed by atoms with Gasteiger partial charge in [-0.3, -0.25) is 14.9 Å². The Balaban J connectivity index is 3.14. The first-order chi connectivity index (χ1) is 9.17. The van der Waals surface area contributed by atoms with Crippen molar-refractivity contribution in [1.82, 2.24) is 4.90 Å². The quantitative estimate of drug-likeness (QED) is 0.633. The third-order valence-corrected chi connectivity index (χ3v) is 2.84. The minimum Gasteiger partial charge on any atom is -0.330 e. The molecule has 0 N–H and O–H groups in total. The summed E-state index contributed by atoms with van der Waals surface area (Å²) in [4.78, 5) is 22.4. The molecule has 0 saturated carbocycles. The van der Waals surface area contributed by atoms with Crippen LogP contribution in [0.2, 0.25) is 5.02 Å². The normalized spacial score (nSPS) is 11.2. The number of rotatable bonds is 4. The number of halogens is 4. The SMILES string of the molecule is CCN(CC(F)(F)F)C(=O)c1cccc([N+](=O)[O-])c1Cl. The number of benzene rings is 1. The van der Waals surface area contributed by atoms with Gasteiger partial charge in [0.15, 0.2) is 0 Å². The molecule has 1 aromatic rings. The second kappa shape index (κ2) is 6.08. The molecule has 0 radical (unpaired) electrons. The van der Waals surface area contributed by atoms with E-state index in [9.17, 15) is 28.1 Å². The van der Waals surface area contributed by atoms with Crippen LogP contribution in [-0.2, 0) is 0 Å². The fraction of sp³-hybridized carbons (Fsp3) is 0.364. The summed E-state index contributed by atoms with van der Waals surface area (Å²) in [5.74, 6) is -1.00. The molecule has 0 aliphatic rings. The predicted molar refractivity (Wildman–Crippen MR) is 65.7 cm³/mol. The van der Waals surface area contributed by atoms with Gasteiger partial charge in [-0.05, 0) is 13.0 Å². The number of hydrogen-bond acceptors (Lipinski definition) is 3. The first kappa shape index (κ1) is 16.2. The molecule has 5 nitrogen and oxygen atoms in total. The van der Waals surface area contributed by atoms with Crippen LogP contribution in [-0.4, -0.2) is 35.0 Å². The fourth-order valence-corrected chi connectivity index (χ4v) is 1.82. The molecule has 0 spiro atoms. The van der Waals surface area contributed by atoms with E-state index in [2.05, 4.69) is 0 Å². The zero-order chi connectivity index (χ0) is 15.5. The lowest BCUT2D eigenvalue weighted by atomic mass is 10.1. The van der Waals surface area contributed by atoms with Crippen LogP contribution in [0, 0.1) is 10.1 Å². The smallest absolute Gasteiger partial charge is 0.330 e. The molecular formula is C11H10ClF3N2O3. The molecule has 0 aromatic heterocycles. The van der Waals surface area contributed by atoms with Gasteiger partial charge in [0, 0.05) is 12.6 Å². The van der Waals surface area contributed by atoms with E-state index >= 15 is 0 Å². The second-order valence-corrected chi connectivity index (χ2v) is 4.21. The molecule has 0 heterocycles. The maximum absolute atomic E-state index is 12.3. The minimum absolute atomic E-state index is 0.197. The third kappa shape index (κ3) is 3.83. The first-order valence-electron chi connectivity index (χ1n) is 5.46. The molecule has 1 aromatic carbocycles. The maximum Gasteiger partial charge on any atom is 0.406 e. The van der Waals surface area contributed by atoms with E-state index in [1.54, 1.807) is 0 Å². The van der Waals surface area contributed by atoms with Crippen molar-refractivity contribution >= 4 is 23.2 Å². The molecule has 0 fully saturated rings. The summed E-state index contributed by atoms with van der Waals surface area (Å²) in [7, 11) is 0. The van der Waals surface area contributed by atoms with E-state index in [0.29, 0.717) is 4.90 Å². The molecule has 110 valence electrons. The van der Waals surface area contributed by atoms with Crippen molar-refractivity contribution in [3.8, 4) is 0 Å². The Hall–Kier alpha value is -1.83. The summed E-state index contributed by atoms with van der Waals surface area (Å²) in [6.45, 7) is -0.270. The zero-order valence-electron chi connectivity index (χ0n) is 10.3. The summed E-state index contributed by atoms with van der Waals surface area (Å²) in [5, 5.41) is 10.2. The number of carbonyl (C=O) groups excluding carboxylic acids is 1. The molecule has 9 heteroatoms. The number of nitrogens with zero attached hydrogens (tertiary/aromatic N) is 2. The summed E-state index contributed by atoms with van der Waals surface area (Å²) in [5.41, 5.74) is -0.854. The summed E-state index contributed by atoms with van der Waals surface area (Å²) < 4.78 is 37.0. The summed E-state index contributed by atoms with van der Waals surface area (Å²) >= 11 is 5.70. The van der Waals surface area contributed by atoms with Gasteiger partial charge in [-0.25, -0.2) is 0 Å². The van der Waals surface area contributed by atoms with Gasteiger partial charge in [-0.1, -0.05) is 17.7 Å². The molecule has 0 saturated heterocycles. The van der Waals surface area contributed by atoms with Crippen LogP contribution in [0.3, 0.4) is 0 Å². The molecule has 1 amide bonds. The van der Waals surface area contributed by atoms with E-state index in [-0.39, 0.29) is 12.1 Å². The number of nitro groups is 1. The van der Waals surface area contributed by atoms with Crippen molar-refractivity contribution in [1.29, 1.82) is 0 Å². The van der Waals surface area contributed by atoms with Crippen molar-refractivity contribution in [2.24, 2.45) is 0 Å². The molecule has 0 unspecified atom stereocenters. The number of hydrogen-bond donors (Lipinski definition) is 0. The van der Waals surface area contributed by atoms with E-state index in [4.69, 9.17) is 11.6 Å². The first-order valence-corrected chi connectivity index (χ1v) is 5.84. The Labute approximate surface area is 117 Å². The van der Waals surface area contributed by atoms with Gasteiger partial charge in [0.1, 0.15) is 11.6 Å². The lowest BCUT2D eigenvalue weighted by Gasteiger charge is -2.22. The van der Waals surface area contributed by atoms with Gasteiger partial charge < -0.3 is 4.90 Å². The maximum atomic E-state index is 12.3. The lowest BCUT2D eigenvalue weighted by Crippen LogP contribution is -2.38. The molecular weight excluding hydrogens is 301 g/mol. The van der Waals surface area contributed by atoms with Crippen LogP contribution in [0.1, 0.15) is 17.3 Å². The van der Waals surface area contributed by atoms with Gasteiger partial charge in [0.2, 0.25) is 0 Å². The second-order valence-electron chi connectivity index (χ2n) is 3.83. The number of carbonyl (C=O) groups is 1. The third-order valence-electron chi connectivity index (χ3n) is 2.44. The Morgan fingerprint density at radius 3 is 2.50 bits per heavy atom. The summed E-state index contributed by atoms with van der Waals surface area (Å²) in [6.07, 6.45) is -4.56. The van der Waals surface area contributed by atoms with Crippen molar-refractivity contribution in [3.63, 3.8) is 0 Å². The zero-order valence-corrected chi connectivity index (χ0v) is 11.0. The Bertz CT molecular complexity index is 534. The van der Waals surface area contributed by atoms with Crippen LogP contribution in [0.25, 0.3) is 0 Å². The number of alkyl halides is 3. The molecule has 0 bridgehead atoms. The molecule has 0 aliphatic carbocycles. The number of amides is 1. The van der Waals surface area contributed by atoms with E-state index in [1.807, 2.05) is 0 Å². The van der Waals surface area contributed by atoms with Crippen molar-refractivity contribution in [2.75, 3.05) is 13.1 Å². The largest absolute Gasteiger partial charge is 0.406 e. The van der Waals surface area contributed by atoms with E-state index < -0.39 is 34.3 Å². The molecule has 0 aliphatic heterocycles. The minimum atomic E-state index is -4.56. The average Bonchev–Trinajstić information content (AvgIpc) is 2.34. The highest BCUT2D eigenvalue weighted by Crippen LogP contribution is 2.29. The van der Waals surface area contributed by atoms with Gasteiger partial charge in [0.25, 0.3) is 11.6 Å². The molecule has 1 rings (SSSR count). The molecule has 20 heavy (non-hydrogen) atoms. The average molecular weight is 311 g/mol. The van der Waals surface area contributed by atoms with Crippen LogP contribution in [0.5, 0.6) is 0 Å². The van der Waals surface area contributed by atoms with E-state index in [1.165, 1.54) is 13.0 Å². The van der Waals surface area contributed by atoms with Crippen molar-refractivity contribution < 1.29 is 22.9 Å². The van der Waals surface area contributed by atoms with Gasteiger partial charge in [-0.15, -0.1) is 0 Å². The number of nitro benzene ring substituents is 1. The van der Waals surface area contributed by atoms with Crippen LogP contribution in [0.15, 0.2) is 18.2 Å². The highest BCUT2D eigenvalue weighted by molar-refractivity contribution is 6.35. The fourth-order valence-electron chi connectivity index (χ4n) is 1.54. The van der Waals surface area contributed by atoms with Crippen molar-refractivity contribution in [2.45, 2.75) is 13.1 Å². The standard InChI is InChI=1S/C11H10ClF3N2O3/c1-2-16(6-11(13,14)15)10(18)7-4-3-5-8(9(7)12)17(19)20/h3-5H,2,6H2,1H3. The van der Waals surface area contributed by atoms with Crippen LogP contribution < -0.4 is 0 Å². The Morgan fingerprint density at radius 2 is 2.05 bits per heavy atom. The lowest BCUT2D eigenvalue weighted by molar-refractivity contribution is -0.384. The summed E-state index contributed by atoms with van der Waals surface area (Å²) in [6, 6.07) is 3.41. The van der Waals surface area contributed by atoms with Gasteiger partial charge >= 0.3 is 6.18 Å². The highest BCUT2D eigenvalue weighted by Gasteiger charge is 2.33. The highest BCUT2D eigenvalue weighted by atomic mass is 35.5. The van der Waals surface area contributed by atoms with Crippen LogP contribution >= 0.6 is 11.6 Å². The van der Waals surface area contributed by atoms with Crippen LogP contribution in [0.4, 0.5) is 18.9 Å². The Kier molecular flexibility index (Phi) is 4.93. The van der Waals surface area contributed by atoms with E-state index in [0.717, 1.165) is 12.1 Å².